The van der Waals surface area contributed by atoms with E-state index in [1.165, 1.54) is 11.1 Å². The fourth-order valence-corrected chi connectivity index (χ4v) is 3.03. The lowest BCUT2D eigenvalue weighted by atomic mass is 9.93. The molecule has 2 unspecified atom stereocenters. The third kappa shape index (κ3) is 2.60. The zero-order valence-electron chi connectivity index (χ0n) is 11.5. The van der Waals surface area contributed by atoms with Crippen LogP contribution in [0.2, 0.25) is 0 Å². The molecule has 3 rings (SSSR count). The van der Waals surface area contributed by atoms with Crippen LogP contribution in [-0.2, 0) is 6.42 Å². The van der Waals surface area contributed by atoms with Gasteiger partial charge in [0.2, 0.25) is 0 Å². The minimum atomic E-state index is 0.0205. The van der Waals surface area contributed by atoms with Gasteiger partial charge >= 0.3 is 0 Å². The predicted octanol–water partition coefficient (Wildman–Crippen LogP) is 4.54. The Hall–Kier alpha value is -1.32. The number of ether oxygens (including phenoxy) is 1. The summed E-state index contributed by atoms with van der Waals surface area (Å²) in [7, 11) is 0. The maximum absolute atomic E-state index is 6.30. The number of fused-ring (bicyclic) bond motifs is 1. The number of nitrogens with two attached hydrogens (primary N) is 1. The molecule has 0 bridgehead atoms. The molecule has 0 radical (unpaired) electrons. The molecular formula is C17H18BrNO. The highest BCUT2D eigenvalue weighted by Gasteiger charge is 2.27. The number of aryl methyl sites for hydroxylation is 1. The van der Waals surface area contributed by atoms with Crippen molar-refractivity contribution < 1.29 is 4.74 Å². The van der Waals surface area contributed by atoms with Gasteiger partial charge in [0.1, 0.15) is 11.9 Å². The van der Waals surface area contributed by atoms with E-state index >= 15 is 0 Å². The minimum Gasteiger partial charge on any atom is -0.485 e. The summed E-state index contributed by atoms with van der Waals surface area (Å²) in [5.74, 6) is 0.900. The minimum absolute atomic E-state index is 0.0205. The van der Waals surface area contributed by atoms with Gasteiger partial charge in [-0.3, -0.25) is 0 Å². The summed E-state index contributed by atoms with van der Waals surface area (Å²) in [5, 5.41) is 0. The zero-order valence-corrected chi connectivity index (χ0v) is 13.1. The second kappa shape index (κ2) is 5.58. The third-order valence-corrected chi connectivity index (χ3v) is 4.36. The van der Waals surface area contributed by atoms with Crippen molar-refractivity contribution in [2.75, 3.05) is 0 Å². The second-order valence-corrected chi connectivity index (χ2v) is 6.14. The summed E-state index contributed by atoms with van der Waals surface area (Å²) in [6, 6.07) is 14.7. The summed E-state index contributed by atoms with van der Waals surface area (Å²) >= 11 is 3.48. The lowest BCUT2D eigenvalue weighted by Gasteiger charge is -2.30. The molecule has 3 heteroatoms. The van der Waals surface area contributed by atoms with E-state index in [0.29, 0.717) is 0 Å². The predicted molar refractivity (Wildman–Crippen MR) is 84.9 cm³/mol. The van der Waals surface area contributed by atoms with Crippen molar-refractivity contribution in [3.8, 4) is 5.75 Å². The molecule has 0 saturated heterocycles. The number of halogens is 1. The molecule has 1 aliphatic heterocycles. The molecule has 2 N–H and O–H groups in total. The quantitative estimate of drug-likeness (QED) is 0.877. The van der Waals surface area contributed by atoms with Gasteiger partial charge in [-0.05, 0) is 35.7 Å². The number of hydrogen-bond donors (Lipinski definition) is 1. The fraction of sp³-hybridized carbons (Fsp3) is 0.294. The molecule has 2 nitrogen and oxygen atoms in total. The molecule has 1 heterocycles. The second-order valence-electron chi connectivity index (χ2n) is 5.23. The van der Waals surface area contributed by atoms with Crippen LogP contribution < -0.4 is 10.5 Å². The van der Waals surface area contributed by atoms with Crippen molar-refractivity contribution in [1.82, 2.24) is 0 Å². The Balaban J connectivity index is 1.88. The Bertz CT molecular complexity index is 609. The number of benzene rings is 2. The largest absolute Gasteiger partial charge is 0.485 e. The normalized spacial score (nSPS) is 21.1. The SMILES string of the molecule is CCc1ccc(C2CC(N)c3cc(Br)ccc3O2)cc1. The standard InChI is InChI=1S/C17H18BrNO/c1-2-11-3-5-12(6-4-11)17-10-15(19)14-9-13(18)7-8-16(14)20-17/h3-9,15,17H,2,10,19H2,1H3. The maximum atomic E-state index is 6.30. The average molecular weight is 332 g/mol. The van der Waals surface area contributed by atoms with Crippen molar-refractivity contribution in [2.24, 2.45) is 5.73 Å². The fourth-order valence-electron chi connectivity index (χ4n) is 2.65. The molecule has 104 valence electrons. The smallest absolute Gasteiger partial charge is 0.126 e. The lowest BCUT2D eigenvalue weighted by Crippen LogP contribution is -2.24. The highest BCUT2D eigenvalue weighted by Crippen LogP contribution is 2.40. The van der Waals surface area contributed by atoms with Crippen LogP contribution >= 0.6 is 15.9 Å². The first-order valence-electron chi connectivity index (χ1n) is 6.98. The first kappa shape index (κ1) is 13.7. The number of hydrogen-bond acceptors (Lipinski definition) is 2. The van der Waals surface area contributed by atoms with Gasteiger partial charge in [-0.1, -0.05) is 47.1 Å². The van der Waals surface area contributed by atoms with E-state index in [4.69, 9.17) is 10.5 Å². The first-order valence-corrected chi connectivity index (χ1v) is 7.77. The van der Waals surface area contributed by atoms with E-state index in [1.54, 1.807) is 0 Å². The topological polar surface area (TPSA) is 35.2 Å². The number of rotatable bonds is 2. The molecule has 0 amide bonds. The van der Waals surface area contributed by atoms with Crippen molar-refractivity contribution in [1.29, 1.82) is 0 Å². The van der Waals surface area contributed by atoms with Gasteiger partial charge < -0.3 is 10.5 Å². The molecule has 0 spiro atoms. The Kier molecular flexibility index (Phi) is 3.81. The van der Waals surface area contributed by atoms with Gasteiger partial charge in [-0.25, -0.2) is 0 Å². The van der Waals surface area contributed by atoms with E-state index in [1.807, 2.05) is 12.1 Å². The molecule has 0 saturated carbocycles. The van der Waals surface area contributed by atoms with Gasteiger partial charge in [0.05, 0.1) is 0 Å². The molecule has 0 aromatic heterocycles. The van der Waals surface area contributed by atoms with Crippen LogP contribution in [0.15, 0.2) is 46.9 Å². The van der Waals surface area contributed by atoms with Gasteiger partial charge in [0.15, 0.2) is 0 Å². The zero-order chi connectivity index (χ0) is 14.1. The van der Waals surface area contributed by atoms with Gasteiger partial charge in [-0.2, -0.15) is 0 Å². The molecule has 2 aromatic carbocycles. The summed E-state index contributed by atoms with van der Waals surface area (Å²) in [5.41, 5.74) is 9.93. The van der Waals surface area contributed by atoms with Crippen LogP contribution in [-0.4, -0.2) is 0 Å². The van der Waals surface area contributed by atoms with Crippen molar-refractivity contribution >= 4 is 15.9 Å². The molecule has 2 aromatic rings. The Morgan fingerprint density at radius 2 is 1.95 bits per heavy atom. The van der Waals surface area contributed by atoms with Crippen LogP contribution in [0.4, 0.5) is 0 Å². The third-order valence-electron chi connectivity index (χ3n) is 3.87. The van der Waals surface area contributed by atoms with Crippen molar-refractivity contribution in [3.05, 3.63) is 63.6 Å². The van der Waals surface area contributed by atoms with Crippen LogP contribution in [0, 0.1) is 0 Å². The summed E-state index contributed by atoms with van der Waals surface area (Å²) in [6.45, 7) is 2.16. The van der Waals surface area contributed by atoms with E-state index in [-0.39, 0.29) is 12.1 Å². The Morgan fingerprint density at radius 1 is 1.20 bits per heavy atom. The summed E-state index contributed by atoms with van der Waals surface area (Å²) in [4.78, 5) is 0. The van der Waals surface area contributed by atoms with Crippen molar-refractivity contribution in [3.63, 3.8) is 0 Å². The average Bonchev–Trinajstić information content (AvgIpc) is 2.48. The lowest BCUT2D eigenvalue weighted by molar-refractivity contribution is 0.161. The molecular weight excluding hydrogens is 314 g/mol. The van der Waals surface area contributed by atoms with Crippen LogP contribution in [0.5, 0.6) is 5.75 Å². The van der Waals surface area contributed by atoms with E-state index in [9.17, 15) is 0 Å². The Morgan fingerprint density at radius 3 is 2.65 bits per heavy atom. The maximum Gasteiger partial charge on any atom is 0.126 e. The molecule has 2 atom stereocenters. The highest BCUT2D eigenvalue weighted by molar-refractivity contribution is 9.10. The van der Waals surface area contributed by atoms with Crippen LogP contribution in [0.25, 0.3) is 0 Å². The van der Waals surface area contributed by atoms with E-state index < -0.39 is 0 Å². The first-order chi connectivity index (χ1) is 9.67. The molecule has 20 heavy (non-hydrogen) atoms. The Labute approximate surface area is 128 Å². The highest BCUT2D eigenvalue weighted by atomic mass is 79.9. The van der Waals surface area contributed by atoms with Gasteiger partial charge in [-0.15, -0.1) is 0 Å². The van der Waals surface area contributed by atoms with Crippen LogP contribution in [0.3, 0.4) is 0 Å². The molecule has 1 aliphatic rings. The van der Waals surface area contributed by atoms with Crippen molar-refractivity contribution in [2.45, 2.75) is 31.9 Å². The van der Waals surface area contributed by atoms with Gasteiger partial charge in [0.25, 0.3) is 0 Å². The van der Waals surface area contributed by atoms with Gasteiger partial charge in [0, 0.05) is 22.5 Å². The summed E-state index contributed by atoms with van der Waals surface area (Å²) < 4.78 is 7.16. The molecule has 0 aliphatic carbocycles. The monoisotopic (exact) mass is 331 g/mol. The van der Waals surface area contributed by atoms with E-state index in [2.05, 4.69) is 53.2 Å². The molecule has 0 fully saturated rings. The summed E-state index contributed by atoms with van der Waals surface area (Å²) in [6.07, 6.45) is 1.92. The van der Waals surface area contributed by atoms with Crippen LogP contribution in [0.1, 0.15) is 42.2 Å². The van der Waals surface area contributed by atoms with E-state index in [0.717, 1.165) is 28.6 Å².